The summed E-state index contributed by atoms with van der Waals surface area (Å²) in [4.78, 5) is 17.1. The third kappa shape index (κ3) is 2.28. The van der Waals surface area contributed by atoms with Gasteiger partial charge in [-0.05, 0) is 24.3 Å². The van der Waals surface area contributed by atoms with Gasteiger partial charge in [0.15, 0.2) is 17.2 Å². The number of benzene rings is 1. The molecule has 1 aliphatic rings. The molecule has 0 spiro atoms. The SMILES string of the molecule is CCc1nc(C(=O)Nc2ccc3c(c2)OCO3)c2ccccn12. The van der Waals surface area contributed by atoms with Gasteiger partial charge in [-0.25, -0.2) is 4.98 Å². The van der Waals surface area contributed by atoms with Crippen LogP contribution in [0.5, 0.6) is 11.5 Å². The van der Waals surface area contributed by atoms with E-state index in [1.807, 2.05) is 35.7 Å². The second-order valence-corrected chi connectivity index (χ2v) is 5.21. The highest BCUT2D eigenvalue weighted by atomic mass is 16.7. The van der Waals surface area contributed by atoms with Gasteiger partial charge in [0.1, 0.15) is 5.82 Å². The molecule has 0 aliphatic carbocycles. The van der Waals surface area contributed by atoms with Crippen LogP contribution in [0.3, 0.4) is 0 Å². The third-order valence-electron chi connectivity index (χ3n) is 3.78. The number of nitrogens with one attached hydrogen (secondary N) is 1. The van der Waals surface area contributed by atoms with E-state index < -0.39 is 0 Å². The Morgan fingerprint density at radius 1 is 1.26 bits per heavy atom. The minimum absolute atomic E-state index is 0.207. The molecule has 1 aliphatic heterocycles. The summed E-state index contributed by atoms with van der Waals surface area (Å²) in [6.45, 7) is 2.22. The van der Waals surface area contributed by atoms with Gasteiger partial charge in [-0.2, -0.15) is 0 Å². The molecular formula is C17H15N3O3. The fourth-order valence-corrected chi connectivity index (χ4v) is 2.68. The molecule has 0 saturated carbocycles. The highest BCUT2D eigenvalue weighted by Gasteiger charge is 2.18. The van der Waals surface area contributed by atoms with E-state index in [4.69, 9.17) is 9.47 Å². The first kappa shape index (κ1) is 13.6. The van der Waals surface area contributed by atoms with E-state index >= 15 is 0 Å². The second-order valence-electron chi connectivity index (χ2n) is 5.21. The average molecular weight is 309 g/mol. The van der Waals surface area contributed by atoms with Crippen molar-refractivity contribution in [1.29, 1.82) is 0 Å². The number of amides is 1. The lowest BCUT2D eigenvalue weighted by atomic mass is 10.2. The van der Waals surface area contributed by atoms with Crippen LogP contribution in [0, 0.1) is 0 Å². The van der Waals surface area contributed by atoms with Crippen LogP contribution in [0.15, 0.2) is 42.6 Å². The van der Waals surface area contributed by atoms with Crippen molar-refractivity contribution in [2.45, 2.75) is 13.3 Å². The molecule has 4 rings (SSSR count). The van der Waals surface area contributed by atoms with Gasteiger partial charge in [-0.1, -0.05) is 13.0 Å². The molecule has 0 unspecified atom stereocenters. The van der Waals surface area contributed by atoms with E-state index in [9.17, 15) is 4.79 Å². The van der Waals surface area contributed by atoms with Gasteiger partial charge < -0.3 is 19.2 Å². The van der Waals surface area contributed by atoms with Crippen molar-refractivity contribution >= 4 is 17.1 Å². The maximum absolute atomic E-state index is 12.6. The fraction of sp³-hybridized carbons (Fsp3) is 0.176. The van der Waals surface area contributed by atoms with Crippen molar-refractivity contribution in [1.82, 2.24) is 9.38 Å². The van der Waals surface area contributed by atoms with E-state index in [0.717, 1.165) is 17.8 Å². The van der Waals surface area contributed by atoms with Crippen LogP contribution >= 0.6 is 0 Å². The zero-order valence-corrected chi connectivity index (χ0v) is 12.6. The number of fused-ring (bicyclic) bond motifs is 2. The van der Waals surface area contributed by atoms with Crippen molar-refractivity contribution in [2.24, 2.45) is 0 Å². The quantitative estimate of drug-likeness (QED) is 0.808. The molecule has 6 nitrogen and oxygen atoms in total. The lowest BCUT2D eigenvalue weighted by molar-refractivity contribution is 0.102. The zero-order valence-electron chi connectivity index (χ0n) is 12.6. The topological polar surface area (TPSA) is 64.9 Å². The summed E-state index contributed by atoms with van der Waals surface area (Å²) in [6.07, 6.45) is 2.67. The Labute approximate surface area is 132 Å². The van der Waals surface area contributed by atoms with Crippen LogP contribution in [0.2, 0.25) is 0 Å². The Kier molecular flexibility index (Phi) is 3.15. The number of carbonyl (C=O) groups is 1. The summed E-state index contributed by atoms with van der Waals surface area (Å²) in [6, 6.07) is 11.0. The number of hydrogen-bond donors (Lipinski definition) is 1. The minimum atomic E-state index is -0.243. The molecule has 0 saturated heterocycles. The van der Waals surface area contributed by atoms with Crippen molar-refractivity contribution < 1.29 is 14.3 Å². The lowest BCUT2D eigenvalue weighted by Crippen LogP contribution is -2.12. The van der Waals surface area contributed by atoms with E-state index in [0.29, 0.717) is 22.9 Å². The highest BCUT2D eigenvalue weighted by Crippen LogP contribution is 2.34. The third-order valence-corrected chi connectivity index (χ3v) is 3.78. The standard InChI is InChI=1S/C17H15N3O3/c1-2-15-19-16(12-5-3-4-8-20(12)15)17(21)18-11-6-7-13-14(9-11)23-10-22-13/h3-9H,2,10H2,1H3,(H,18,21). The molecule has 0 fully saturated rings. The number of carbonyl (C=O) groups excluding carboxylic acids is 1. The summed E-state index contributed by atoms with van der Waals surface area (Å²) < 4.78 is 12.5. The molecule has 116 valence electrons. The lowest BCUT2D eigenvalue weighted by Gasteiger charge is -2.05. The molecule has 1 aromatic carbocycles. The molecule has 1 N–H and O–H groups in total. The molecule has 1 amide bonds. The fourth-order valence-electron chi connectivity index (χ4n) is 2.68. The monoisotopic (exact) mass is 309 g/mol. The van der Waals surface area contributed by atoms with Gasteiger partial charge in [0.05, 0.1) is 5.52 Å². The maximum Gasteiger partial charge on any atom is 0.276 e. The Morgan fingerprint density at radius 3 is 3.00 bits per heavy atom. The van der Waals surface area contributed by atoms with Gasteiger partial charge in [-0.3, -0.25) is 4.79 Å². The van der Waals surface area contributed by atoms with E-state index in [1.54, 1.807) is 18.2 Å². The molecular weight excluding hydrogens is 294 g/mol. The minimum Gasteiger partial charge on any atom is -0.454 e. The normalized spacial score (nSPS) is 12.6. The van der Waals surface area contributed by atoms with Crippen molar-refractivity contribution in [3.8, 4) is 11.5 Å². The number of hydrogen-bond acceptors (Lipinski definition) is 4. The van der Waals surface area contributed by atoms with Crippen LogP contribution in [0.25, 0.3) is 5.52 Å². The van der Waals surface area contributed by atoms with Gasteiger partial charge in [0.2, 0.25) is 6.79 Å². The molecule has 23 heavy (non-hydrogen) atoms. The molecule has 3 heterocycles. The van der Waals surface area contributed by atoms with Gasteiger partial charge >= 0.3 is 0 Å². The summed E-state index contributed by atoms with van der Waals surface area (Å²) >= 11 is 0. The largest absolute Gasteiger partial charge is 0.454 e. The van der Waals surface area contributed by atoms with Crippen molar-refractivity contribution in [3.63, 3.8) is 0 Å². The molecule has 2 aromatic heterocycles. The van der Waals surface area contributed by atoms with Crippen LogP contribution in [0.1, 0.15) is 23.2 Å². The predicted molar refractivity (Wildman–Crippen MR) is 85.1 cm³/mol. The van der Waals surface area contributed by atoms with Crippen LogP contribution in [0.4, 0.5) is 5.69 Å². The first-order chi connectivity index (χ1) is 11.3. The number of anilines is 1. The zero-order chi connectivity index (χ0) is 15.8. The van der Waals surface area contributed by atoms with Crippen molar-refractivity contribution in [2.75, 3.05) is 12.1 Å². The smallest absolute Gasteiger partial charge is 0.276 e. The van der Waals surface area contributed by atoms with Crippen molar-refractivity contribution in [3.05, 3.63) is 54.1 Å². The average Bonchev–Trinajstić information content (AvgIpc) is 3.18. The Bertz CT molecular complexity index is 901. The first-order valence-corrected chi connectivity index (χ1v) is 7.43. The number of ether oxygens (including phenoxy) is 2. The van der Waals surface area contributed by atoms with Crippen LogP contribution < -0.4 is 14.8 Å². The number of pyridine rings is 1. The van der Waals surface area contributed by atoms with Crippen LogP contribution in [-0.2, 0) is 6.42 Å². The van der Waals surface area contributed by atoms with Gasteiger partial charge in [0, 0.05) is 24.4 Å². The maximum atomic E-state index is 12.6. The Morgan fingerprint density at radius 2 is 2.13 bits per heavy atom. The molecule has 6 heteroatoms. The van der Waals surface area contributed by atoms with E-state index in [1.165, 1.54) is 0 Å². The molecule has 3 aromatic rings. The molecule has 0 atom stereocenters. The summed E-state index contributed by atoms with van der Waals surface area (Å²) in [5.74, 6) is 1.93. The van der Waals surface area contributed by atoms with E-state index in [-0.39, 0.29) is 12.7 Å². The Balaban J connectivity index is 1.67. The van der Waals surface area contributed by atoms with Gasteiger partial charge in [-0.15, -0.1) is 0 Å². The number of rotatable bonds is 3. The predicted octanol–water partition coefficient (Wildman–Crippen LogP) is 2.88. The van der Waals surface area contributed by atoms with E-state index in [2.05, 4.69) is 10.3 Å². The summed E-state index contributed by atoms with van der Waals surface area (Å²) in [5, 5.41) is 2.87. The summed E-state index contributed by atoms with van der Waals surface area (Å²) in [5.41, 5.74) is 1.86. The number of nitrogens with zero attached hydrogens (tertiary/aromatic N) is 2. The number of aryl methyl sites for hydroxylation is 1. The highest BCUT2D eigenvalue weighted by molar-refractivity contribution is 6.07. The number of aromatic nitrogens is 2. The molecule has 0 bridgehead atoms. The number of imidazole rings is 1. The molecule has 0 radical (unpaired) electrons. The summed E-state index contributed by atoms with van der Waals surface area (Å²) in [7, 11) is 0. The Hall–Kier alpha value is -3.02. The van der Waals surface area contributed by atoms with Gasteiger partial charge in [0.25, 0.3) is 5.91 Å². The second kappa shape index (κ2) is 5.31. The van der Waals surface area contributed by atoms with Crippen LogP contribution in [-0.4, -0.2) is 22.1 Å². The first-order valence-electron chi connectivity index (χ1n) is 7.43.